The average Bonchev–Trinajstić information content (AvgIpc) is 2.25. The molecule has 0 aliphatic heterocycles. The lowest BCUT2D eigenvalue weighted by molar-refractivity contribution is -0.142. The van der Waals surface area contributed by atoms with E-state index in [1.807, 2.05) is 19.1 Å². The molecule has 0 heterocycles. The molecule has 1 N–H and O–H groups in total. The van der Waals surface area contributed by atoms with Crippen LogP contribution in [0, 0.1) is 11.8 Å². The monoisotopic (exact) mass is 226 g/mol. The first kappa shape index (κ1) is 15.2. The van der Waals surface area contributed by atoms with E-state index in [0.717, 1.165) is 25.7 Å². The van der Waals surface area contributed by atoms with Gasteiger partial charge in [-0.2, -0.15) is 0 Å². The first-order valence-electron chi connectivity index (χ1n) is 6.45. The third-order valence-electron chi connectivity index (χ3n) is 3.00. The largest absolute Gasteiger partial charge is 0.481 e. The van der Waals surface area contributed by atoms with E-state index in [9.17, 15) is 4.79 Å². The highest BCUT2D eigenvalue weighted by Crippen LogP contribution is 2.21. The molecule has 2 atom stereocenters. The molecule has 0 saturated heterocycles. The van der Waals surface area contributed by atoms with Gasteiger partial charge < -0.3 is 5.11 Å². The molecule has 0 fully saturated rings. The maximum absolute atomic E-state index is 11.1. The van der Waals surface area contributed by atoms with Gasteiger partial charge in [-0.05, 0) is 32.1 Å². The highest BCUT2D eigenvalue weighted by molar-refractivity contribution is 5.69. The van der Waals surface area contributed by atoms with E-state index < -0.39 is 5.97 Å². The summed E-state index contributed by atoms with van der Waals surface area (Å²) < 4.78 is 0. The van der Waals surface area contributed by atoms with Crippen LogP contribution >= 0.6 is 0 Å². The molecule has 0 aliphatic rings. The number of aliphatic carboxylic acids is 1. The third-order valence-corrected chi connectivity index (χ3v) is 3.00. The van der Waals surface area contributed by atoms with E-state index in [-0.39, 0.29) is 5.92 Å². The Hall–Kier alpha value is -0.790. The van der Waals surface area contributed by atoms with Crippen LogP contribution in [-0.4, -0.2) is 11.1 Å². The van der Waals surface area contributed by atoms with Gasteiger partial charge in [0.15, 0.2) is 0 Å². The fourth-order valence-corrected chi connectivity index (χ4v) is 1.96. The van der Waals surface area contributed by atoms with Gasteiger partial charge in [0.1, 0.15) is 0 Å². The van der Waals surface area contributed by atoms with Crippen molar-refractivity contribution in [2.75, 3.05) is 0 Å². The van der Waals surface area contributed by atoms with Crippen molar-refractivity contribution in [2.45, 2.75) is 59.3 Å². The molecule has 0 spiro atoms. The number of allylic oxidation sites excluding steroid dienone is 2. The zero-order valence-corrected chi connectivity index (χ0v) is 10.9. The third kappa shape index (κ3) is 7.49. The molecule has 0 aromatic rings. The van der Waals surface area contributed by atoms with Gasteiger partial charge in [-0.15, -0.1) is 0 Å². The highest BCUT2D eigenvalue weighted by Gasteiger charge is 2.19. The first-order chi connectivity index (χ1) is 7.61. The molecule has 0 radical (unpaired) electrons. The normalized spacial score (nSPS) is 15.2. The molecular formula is C14H26O2. The average molecular weight is 226 g/mol. The maximum atomic E-state index is 11.1. The van der Waals surface area contributed by atoms with E-state index in [1.165, 1.54) is 12.8 Å². The van der Waals surface area contributed by atoms with E-state index in [1.54, 1.807) is 0 Å². The molecule has 2 unspecified atom stereocenters. The van der Waals surface area contributed by atoms with Crippen LogP contribution in [0.5, 0.6) is 0 Å². The Morgan fingerprint density at radius 3 is 2.56 bits per heavy atom. The summed E-state index contributed by atoms with van der Waals surface area (Å²) in [5.74, 6) is -0.262. The minimum Gasteiger partial charge on any atom is -0.481 e. The fourth-order valence-electron chi connectivity index (χ4n) is 1.96. The second-order valence-corrected chi connectivity index (χ2v) is 4.66. The molecule has 0 aromatic heterocycles. The van der Waals surface area contributed by atoms with Crippen molar-refractivity contribution in [3.63, 3.8) is 0 Å². The van der Waals surface area contributed by atoms with Crippen molar-refractivity contribution in [1.29, 1.82) is 0 Å². The Morgan fingerprint density at radius 2 is 2.06 bits per heavy atom. The van der Waals surface area contributed by atoms with Crippen LogP contribution in [0.2, 0.25) is 0 Å². The molecule has 94 valence electrons. The molecule has 2 nitrogen and oxygen atoms in total. The molecule has 0 rings (SSSR count). The minimum atomic E-state index is -0.632. The van der Waals surface area contributed by atoms with Crippen molar-refractivity contribution in [1.82, 2.24) is 0 Å². The van der Waals surface area contributed by atoms with Gasteiger partial charge in [-0.1, -0.05) is 45.3 Å². The summed E-state index contributed by atoms with van der Waals surface area (Å²) in [4.78, 5) is 11.1. The molecule has 2 heteroatoms. The predicted molar refractivity (Wildman–Crippen MR) is 68.5 cm³/mol. The van der Waals surface area contributed by atoms with Crippen LogP contribution in [-0.2, 0) is 4.79 Å². The summed E-state index contributed by atoms with van der Waals surface area (Å²) in [6.07, 6.45) is 10.1. The van der Waals surface area contributed by atoms with E-state index in [4.69, 9.17) is 5.11 Å². The van der Waals surface area contributed by atoms with Crippen LogP contribution in [0.15, 0.2) is 12.2 Å². The lowest BCUT2D eigenvalue weighted by atomic mass is 9.89. The molecular weight excluding hydrogens is 200 g/mol. The second kappa shape index (κ2) is 9.44. The summed E-state index contributed by atoms with van der Waals surface area (Å²) in [7, 11) is 0. The SMILES string of the molecule is C/C=C/CCC(CC(C)CCCC)C(=O)O. The minimum absolute atomic E-state index is 0.164. The lowest BCUT2D eigenvalue weighted by Crippen LogP contribution is -2.16. The number of carbonyl (C=O) groups is 1. The smallest absolute Gasteiger partial charge is 0.306 e. The topological polar surface area (TPSA) is 37.3 Å². The van der Waals surface area contributed by atoms with Crippen LogP contribution < -0.4 is 0 Å². The van der Waals surface area contributed by atoms with E-state index in [0.29, 0.717) is 5.92 Å². The Kier molecular flexibility index (Phi) is 8.97. The Balaban J connectivity index is 3.96. The molecule has 0 bridgehead atoms. The van der Waals surface area contributed by atoms with Crippen LogP contribution in [0.1, 0.15) is 59.3 Å². The molecule has 16 heavy (non-hydrogen) atoms. The van der Waals surface area contributed by atoms with Gasteiger partial charge in [0, 0.05) is 0 Å². The van der Waals surface area contributed by atoms with Crippen molar-refractivity contribution >= 4 is 5.97 Å². The number of carboxylic acids is 1. The molecule has 0 aromatic carbocycles. The molecule has 0 saturated carbocycles. The highest BCUT2D eigenvalue weighted by atomic mass is 16.4. The summed E-state index contributed by atoms with van der Waals surface area (Å²) in [5, 5.41) is 9.12. The standard InChI is InChI=1S/C14H26O2/c1-4-6-8-10-13(14(15)16)11-12(3)9-7-5-2/h4,6,12-13H,5,7-11H2,1-3H3,(H,15,16)/b6-4+. The van der Waals surface area contributed by atoms with Crippen LogP contribution in [0.3, 0.4) is 0 Å². The van der Waals surface area contributed by atoms with Gasteiger partial charge >= 0.3 is 5.97 Å². The van der Waals surface area contributed by atoms with E-state index >= 15 is 0 Å². The van der Waals surface area contributed by atoms with Crippen LogP contribution in [0.25, 0.3) is 0 Å². The number of rotatable bonds is 9. The fraction of sp³-hybridized carbons (Fsp3) is 0.786. The van der Waals surface area contributed by atoms with E-state index in [2.05, 4.69) is 13.8 Å². The maximum Gasteiger partial charge on any atom is 0.306 e. The van der Waals surface area contributed by atoms with Crippen molar-refractivity contribution in [3.05, 3.63) is 12.2 Å². The predicted octanol–water partition coefficient (Wildman–Crippen LogP) is 4.26. The van der Waals surface area contributed by atoms with Gasteiger partial charge in [0.25, 0.3) is 0 Å². The second-order valence-electron chi connectivity index (χ2n) is 4.66. The number of hydrogen-bond acceptors (Lipinski definition) is 1. The Bertz CT molecular complexity index is 209. The Morgan fingerprint density at radius 1 is 1.38 bits per heavy atom. The summed E-state index contributed by atoms with van der Waals surface area (Å²) in [5.41, 5.74) is 0. The number of carboxylic acid groups (broad SMARTS) is 1. The first-order valence-corrected chi connectivity index (χ1v) is 6.45. The van der Waals surface area contributed by atoms with Crippen molar-refractivity contribution in [3.8, 4) is 0 Å². The van der Waals surface area contributed by atoms with Crippen molar-refractivity contribution < 1.29 is 9.90 Å². The molecule has 0 amide bonds. The van der Waals surface area contributed by atoms with Gasteiger partial charge in [-0.25, -0.2) is 0 Å². The number of unbranched alkanes of at least 4 members (excludes halogenated alkanes) is 1. The summed E-state index contributed by atoms with van der Waals surface area (Å²) in [6, 6.07) is 0. The van der Waals surface area contributed by atoms with Crippen molar-refractivity contribution in [2.24, 2.45) is 11.8 Å². The van der Waals surface area contributed by atoms with Gasteiger partial charge in [-0.3, -0.25) is 4.79 Å². The van der Waals surface area contributed by atoms with Gasteiger partial charge in [0.2, 0.25) is 0 Å². The lowest BCUT2D eigenvalue weighted by Gasteiger charge is -2.16. The summed E-state index contributed by atoms with van der Waals surface area (Å²) >= 11 is 0. The quantitative estimate of drug-likeness (QED) is 0.596. The number of hydrogen-bond donors (Lipinski definition) is 1. The van der Waals surface area contributed by atoms with Crippen LogP contribution in [0.4, 0.5) is 0 Å². The van der Waals surface area contributed by atoms with Gasteiger partial charge in [0.05, 0.1) is 5.92 Å². The zero-order valence-electron chi connectivity index (χ0n) is 10.9. The summed E-state index contributed by atoms with van der Waals surface area (Å²) in [6.45, 7) is 6.31. The zero-order chi connectivity index (χ0) is 12.4. The molecule has 0 aliphatic carbocycles. The Labute approximate surface area is 99.7 Å².